The summed E-state index contributed by atoms with van der Waals surface area (Å²) in [5, 5.41) is 45.7. The number of fused-ring (bicyclic) bond motifs is 1. The summed E-state index contributed by atoms with van der Waals surface area (Å²) in [5.74, 6) is -8.63. The predicted molar refractivity (Wildman–Crippen MR) is 192 cm³/mol. The highest BCUT2D eigenvalue weighted by molar-refractivity contribution is 8.02. The topological polar surface area (TPSA) is 308 Å². The summed E-state index contributed by atoms with van der Waals surface area (Å²) in [6.45, 7) is 2.23. The average molecular weight is 841 g/mol. The Labute approximate surface area is 322 Å². The number of nitrogen functional groups attached to an aromatic ring is 1. The number of aromatic nitrogens is 2. The first-order valence-electron chi connectivity index (χ1n) is 14.7. The van der Waals surface area contributed by atoms with Crippen LogP contribution in [0.2, 0.25) is 0 Å². The van der Waals surface area contributed by atoms with Crippen molar-refractivity contribution in [1.29, 1.82) is 0 Å². The summed E-state index contributed by atoms with van der Waals surface area (Å²) in [6, 6.07) is 2.58. The number of carboxylic acid groups (broad SMARTS) is 3. The Kier molecular flexibility index (Phi) is 12.4. The molecule has 5 rings (SSSR count). The standard InChI is InChI=1S/C29H24N6O14S5/c1-9(36)47-14-4-3-12(5-15(14)48-10(2)37)53-27(26(45)46)49-33-17(13-8-52-29(30)31-13)21(39)32-18-22(40)35-19(25(43)44)11(6-50-23(18)35)7-51-28-16(24(41)42)20(38)34-54-28/h3-5,8,18,23,27H,6-7H2,1-2H3,(H2,30,31)(H,32,39)(H,34,38)(H,41,42)(H,43,44)(H,45,46)/b33-17-/t18-,23+,27-/m1/s1. The second kappa shape index (κ2) is 16.8. The van der Waals surface area contributed by atoms with Crippen LogP contribution >= 0.6 is 58.2 Å². The van der Waals surface area contributed by atoms with Gasteiger partial charge in [0.15, 0.2) is 22.3 Å². The molecule has 25 heteroatoms. The minimum Gasteiger partial charge on any atom is -0.492 e. The number of rotatable bonds is 15. The molecule has 1 saturated heterocycles. The molecule has 3 atom stereocenters. The number of aromatic hydroxyl groups is 1. The molecule has 3 aromatic rings. The van der Waals surface area contributed by atoms with Gasteiger partial charge >= 0.3 is 29.8 Å². The summed E-state index contributed by atoms with van der Waals surface area (Å²) >= 11 is 4.26. The van der Waals surface area contributed by atoms with Crippen molar-refractivity contribution < 1.29 is 68.3 Å². The van der Waals surface area contributed by atoms with E-state index >= 15 is 0 Å². The first-order valence-corrected chi connectivity index (χ1v) is 19.2. The fourth-order valence-corrected chi connectivity index (χ4v) is 9.36. The number of anilines is 1. The highest BCUT2D eigenvalue weighted by Crippen LogP contribution is 2.43. The number of carbonyl (C=O) groups is 7. The number of hydrogen-bond donors (Lipinski definition) is 6. The van der Waals surface area contributed by atoms with Crippen molar-refractivity contribution in [2.75, 3.05) is 17.2 Å². The van der Waals surface area contributed by atoms with Crippen LogP contribution in [0.3, 0.4) is 0 Å². The van der Waals surface area contributed by atoms with E-state index in [0.29, 0.717) is 11.8 Å². The van der Waals surface area contributed by atoms with Crippen LogP contribution in [0.4, 0.5) is 5.13 Å². The molecule has 1 fully saturated rings. The van der Waals surface area contributed by atoms with Crippen molar-refractivity contribution in [3.05, 3.63) is 46.1 Å². The average Bonchev–Trinajstić information content (AvgIpc) is 3.70. The second-order valence-corrected chi connectivity index (χ2v) is 15.7. The zero-order valence-electron chi connectivity index (χ0n) is 27.2. The molecule has 1 aromatic carbocycles. The van der Waals surface area contributed by atoms with E-state index in [1.54, 1.807) is 0 Å². The summed E-state index contributed by atoms with van der Waals surface area (Å²) in [6.07, 6.45) is 0. The van der Waals surface area contributed by atoms with Crippen molar-refractivity contribution in [1.82, 2.24) is 19.6 Å². The second-order valence-electron chi connectivity index (χ2n) is 10.6. The van der Waals surface area contributed by atoms with E-state index in [1.807, 2.05) is 0 Å². The molecule has 2 amide bonds. The van der Waals surface area contributed by atoms with Crippen LogP contribution in [-0.2, 0) is 33.6 Å². The van der Waals surface area contributed by atoms with Crippen molar-refractivity contribution in [3.63, 3.8) is 0 Å². The van der Waals surface area contributed by atoms with Gasteiger partial charge in [0.05, 0.1) is 4.21 Å². The maximum Gasteiger partial charge on any atom is 0.358 e. The molecule has 284 valence electrons. The highest BCUT2D eigenvalue weighted by Gasteiger charge is 2.54. The maximum atomic E-state index is 13.6. The first-order chi connectivity index (χ1) is 25.5. The van der Waals surface area contributed by atoms with Gasteiger partial charge in [0.25, 0.3) is 17.3 Å². The number of β-lactam (4-membered cyclic amide) rings is 1. The SMILES string of the molecule is CC(=O)Oc1ccc(S[C@@H](O/N=C(\C(=O)N[C@@H]2C(=O)N3C(C(=O)O)=C(CSc4snc(O)c4C(=O)O)CS[C@@H]23)c2csc(N)n2)C(=O)O)cc1OC(C)=O. The molecule has 4 heterocycles. The number of amides is 2. The molecule has 0 unspecified atom stereocenters. The lowest BCUT2D eigenvalue weighted by atomic mass is 10.0. The summed E-state index contributed by atoms with van der Waals surface area (Å²) < 4.78 is 13.8. The number of aliphatic carboxylic acids is 2. The lowest BCUT2D eigenvalue weighted by Crippen LogP contribution is -2.71. The molecule has 0 bridgehead atoms. The quantitative estimate of drug-likeness (QED) is 0.0242. The predicted octanol–water partition coefficient (Wildman–Crippen LogP) is 1.89. The number of thiazole rings is 1. The number of nitrogens with zero attached hydrogens (tertiary/aromatic N) is 4. The van der Waals surface area contributed by atoms with E-state index in [0.717, 1.165) is 65.1 Å². The van der Waals surface area contributed by atoms with Crippen molar-refractivity contribution in [2.24, 2.45) is 5.16 Å². The van der Waals surface area contributed by atoms with Gasteiger partial charge in [0.1, 0.15) is 28.4 Å². The third-order valence-electron chi connectivity index (χ3n) is 6.86. The Balaban J connectivity index is 1.33. The van der Waals surface area contributed by atoms with Crippen LogP contribution in [0.5, 0.6) is 17.4 Å². The van der Waals surface area contributed by atoms with Crippen LogP contribution in [0, 0.1) is 0 Å². The third-order valence-corrected chi connectivity index (χ3v) is 12.1. The summed E-state index contributed by atoms with van der Waals surface area (Å²) in [5.41, 5.74) is 2.74. The van der Waals surface area contributed by atoms with E-state index in [2.05, 4.69) is 19.8 Å². The van der Waals surface area contributed by atoms with E-state index in [4.69, 9.17) is 20.0 Å². The smallest absolute Gasteiger partial charge is 0.358 e. The number of aromatic carboxylic acids is 1. The van der Waals surface area contributed by atoms with Crippen LogP contribution in [0.1, 0.15) is 29.9 Å². The highest BCUT2D eigenvalue weighted by atomic mass is 32.2. The van der Waals surface area contributed by atoms with Crippen LogP contribution < -0.4 is 20.5 Å². The van der Waals surface area contributed by atoms with Crippen molar-refractivity contribution in [2.45, 2.75) is 39.8 Å². The first kappa shape index (κ1) is 39.8. The molecule has 2 aliphatic rings. The van der Waals surface area contributed by atoms with Gasteiger partial charge in [-0.1, -0.05) is 16.9 Å². The van der Waals surface area contributed by atoms with E-state index < -0.39 is 75.7 Å². The number of ether oxygens (including phenoxy) is 2. The van der Waals surface area contributed by atoms with Gasteiger partial charge in [-0.25, -0.2) is 19.4 Å². The largest absolute Gasteiger partial charge is 0.492 e. The fourth-order valence-electron chi connectivity index (χ4n) is 4.68. The molecule has 0 aliphatic carbocycles. The summed E-state index contributed by atoms with van der Waals surface area (Å²) in [4.78, 5) is 96.4. The van der Waals surface area contributed by atoms with Gasteiger partial charge in [-0.15, -0.1) is 34.9 Å². The lowest BCUT2D eigenvalue weighted by Gasteiger charge is -2.49. The van der Waals surface area contributed by atoms with Crippen LogP contribution in [-0.4, -0.2) is 110 Å². The van der Waals surface area contributed by atoms with Gasteiger partial charge < -0.3 is 45.8 Å². The molecular weight excluding hydrogens is 817 g/mol. The molecule has 0 radical (unpaired) electrons. The number of carboxylic acids is 3. The molecule has 2 aromatic heterocycles. The molecule has 0 spiro atoms. The number of thioether (sulfide) groups is 3. The number of carbonyl (C=O) groups excluding carboxylic acids is 4. The minimum absolute atomic E-state index is 0.0138. The lowest BCUT2D eigenvalue weighted by molar-refractivity contribution is -0.150. The molecule has 20 nitrogen and oxygen atoms in total. The van der Waals surface area contributed by atoms with Crippen molar-refractivity contribution in [3.8, 4) is 17.4 Å². The monoisotopic (exact) mass is 840 g/mol. The van der Waals surface area contributed by atoms with Gasteiger partial charge in [0.2, 0.25) is 5.88 Å². The Hall–Kier alpha value is -5.37. The number of nitrogens with two attached hydrogens (primary N) is 1. The maximum absolute atomic E-state index is 13.6. The molecule has 7 N–H and O–H groups in total. The zero-order valence-corrected chi connectivity index (χ0v) is 31.3. The Morgan fingerprint density at radius 3 is 2.41 bits per heavy atom. The number of esters is 2. The van der Waals surface area contributed by atoms with E-state index in [1.165, 1.54) is 23.6 Å². The molecule has 0 saturated carbocycles. The normalized spacial score (nSPS) is 17.2. The zero-order chi connectivity index (χ0) is 39.4. The Bertz CT molecular complexity index is 2130. The molecular formula is C29H24N6O14S5. The molecule has 54 heavy (non-hydrogen) atoms. The van der Waals surface area contributed by atoms with Crippen LogP contribution in [0.15, 0.2) is 49.1 Å². The number of oxime groups is 1. The summed E-state index contributed by atoms with van der Waals surface area (Å²) in [7, 11) is 0. The van der Waals surface area contributed by atoms with Gasteiger partial charge in [-0.05, 0) is 35.3 Å². The number of hydrogen-bond acceptors (Lipinski definition) is 20. The molecule has 2 aliphatic heterocycles. The third kappa shape index (κ3) is 8.87. The van der Waals surface area contributed by atoms with Crippen LogP contribution in [0.25, 0.3) is 0 Å². The Morgan fingerprint density at radius 1 is 1.09 bits per heavy atom. The van der Waals surface area contributed by atoms with E-state index in [9.17, 15) is 54.0 Å². The fraction of sp³-hybridized carbons (Fsp3) is 0.241. The van der Waals surface area contributed by atoms with Gasteiger partial charge in [0, 0.05) is 35.6 Å². The van der Waals surface area contributed by atoms with Crippen molar-refractivity contribution >= 4 is 111 Å². The van der Waals surface area contributed by atoms with E-state index in [-0.39, 0.29) is 54.2 Å². The van der Waals surface area contributed by atoms with Gasteiger partial charge in [-0.2, -0.15) is 4.37 Å². The van der Waals surface area contributed by atoms with Gasteiger partial charge in [-0.3, -0.25) is 24.1 Å². The Morgan fingerprint density at radius 2 is 1.80 bits per heavy atom. The minimum atomic E-state index is -1.82. The number of nitrogens with one attached hydrogen (secondary N) is 1. The number of benzene rings is 1.